The van der Waals surface area contributed by atoms with Crippen LogP contribution in [-0.4, -0.2) is 25.0 Å². The first-order valence-electron chi connectivity index (χ1n) is 7.40. The van der Waals surface area contributed by atoms with E-state index in [-0.39, 0.29) is 17.2 Å². The van der Waals surface area contributed by atoms with Crippen LogP contribution in [0.15, 0.2) is 46.9 Å². The number of benzene rings is 2. The molecule has 0 aliphatic carbocycles. The molecule has 0 aromatic heterocycles. The molecule has 6 nitrogen and oxygen atoms in total. The third kappa shape index (κ3) is 5.65. The van der Waals surface area contributed by atoms with Gasteiger partial charge in [-0.1, -0.05) is 39.7 Å². The molecule has 132 valence electrons. The van der Waals surface area contributed by atoms with Crippen LogP contribution in [0.25, 0.3) is 0 Å². The van der Waals surface area contributed by atoms with Gasteiger partial charge in [0.1, 0.15) is 0 Å². The van der Waals surface area contributed by atoms with E-state index in [1.807, 2.05) is 6.92 Å². The number of hydrazine groups is 1. The zero-order valence-corrected chi connectivity index (χ0v) is 15.7. The van der Waals surface area contributed by atoms with Crippen LogP contribution in [0, 0.1) is 0 Å². The summed E-state index contributed by atoms with van der Waals surface area (Å²) >= 11 is 9.22. The molecule has 2 aromatic carbocycles. The molecule has 2 aromatic rings. The normalized spacial score (nSPS) is 10.0. The molecule has 2 amide bonds. The Kier molecular flexibility index (Phi) is 7.09. The fourth-order valence-corrected chi connectivity index (χ4v) is 2.45. The number of carbonyl (C=O) groups excluding carboxylic acids is 2. The highest BCUT2D eigenvalue weighted by Crippen LogP contribution is 2.26. The first-order chi connectivity index (χ1) is 12.0. The summed E-state index contributed by atoms with van der Waals surface area (Å²) in [5.74, 6) is -0.0660. The Labute approximate surface area is 158 Å². The molecule has 25 heavy (non-hydrogen) atoms. The van der Waals surface area contributed by atoms with Crippen molar-refractivity contribution in [2.75, 3.05) is 13.2 Å². The summed E-state index contributed by atoms with van der Waals surface area (Å²) in [6, 6.07) is 11.9. The first kappa shape index (κ1) is 19.1. The van der Waals surface area contributed by atoms with E-state index in [2.05, 4.69) is 26.8 Å². The second kappa shape index (κ2) is 9.29. The van der Waals surface area contributed by atoms with Crippen molar-refractivity contribution < 1.29 is 19.1 Å². The lowest BCUT2D eigenvalue weighted by Crippen LogP contribution is -2.43. The van der Waals surface area contributed by atoms with E-state index >= 15 is 0 Å². The summed E-state index contributed by atoms with van der Waals surface area (Å²) in [5, 5.41) is 0.275. The molecule has 0 aliphatic rings. The molecule has 0 atom stereocenters. The Balaban J connectivity index is 1.87. The number of ether oxygens (including phenoxy) is 2. The molecule has 0 spiro atoms. The van der Waals surface area contributed by atoms with Gasteiger partial charge in [0.05, 0.1) is 17.2 Å². The van der Waals surface area contributed by atoms with Gasteiger partial charge in [0.2, 0.25) is 0 Å². The molecule has 0 saturated carbocycles. The number of hydrogen-bond acceptors (Lipinski definition) is 4. The van der Waals surface area contributed by atoms with Gasteiger partial charge >= 0.3 is 0 Å². The minimum Gasteiger partial charge on any atom is -0.490 e. The Hall–Kier alpha value is -2.25. The zero-order chi connectivity index (χ0) is 18.2. The van der Waals surface area contributed by atoms with Crippen molar-refractivity contribution >= 4 is 39.3 Å². The number of para-hydroxylation sites is 2. The zero-order valence-electron chi connectivity index (χ0n) is 13.3. The van der Waals surface area contributed by atoms with E-state index in [1.54, 1.807) is 42.5 Å². The van der Waals surface area contributed by atoms with E-state index in [1.165, 1.54) is 0 Å². The van der Waals surface area contributed by atoms with E-state index in [0.717, 1.165) is 0 Å². The molecule has 8 heteroatoms. The van der Waals surface area contributed by atoms with Gasteiger partial charge in [0, 0.05) is 4.47 Å². The first-order valence-corrected chi connectivity index (χ1v) is 8.57. The highest BCUT2D eigenvalue weighted by Gasteiger charge is 2.12. The maximum atomic E-state index is 12.0. The lowest BCUT2D eigenvalue weighted by atomic mass is 10.2. The van der Waals surface area contributed by atoms with Crippen LogP contribution in [0.4, 0.5) is 0 Å². The number of amides is 2. The fourth-order valence-electron chi connectivity index (χ4n) is 1.89. The van der Waals surface area contributed by atoms with Crippen LogP contribution in [0.5, 0.6) is 11.5 Å². The van der Waals surface area contributed by atoms with Gasteiger partial charge < -0.3 is 9.47 Å². The van der Waals surface area contributed by atoms with E-state index in [0.29, 0.717) is 22.6 Å². The van der Waals surface area contributed by atoms with Gasteiger partial charge in [0.25, 0.3) is 11.8 Å². The van der Waals surface area contributed by atoms with Gasteiger partial charge in [-0.15, -0.1) is 0 Å². The second-order valence-corrected chi connectivity index (χ2v) is 6.12. The summed E-state index contributed by atoms with van der Waals surface area (Å²) in [4.78, 5) is 23.9. The average Bonchev–Trinajstić information content (AvgIpc) is 2.61. The van der Waals surface area contributed by atoms with Crippen LogP contribution >= 0.6 is 27.5 Å². The van der Waals surface area contributed by atoms with Crippen LogP contribution in [-0.2, 0) is 4.79 Å². The van der Waals surface area contributed by atoms with Crippen LogP contribution < -0.4 is 20.3 Å². The summed E-state index contributed by atoms with van der Waals surface area (Å²) < 4.78 is 11.5. The van der Waals surface area contributed by atoms with Gasteiger partial charge in [-0.3, -0.25) is 20.4 Å². The lowest BCUT2D eigenvalue weighted by Gasteiger charge is -2.12. The number of carbonyl (C=O) groups is 2. The largest absolute Gasteiger partial charge is 0.490 e. The summed E-state index contributed by atoms with van der Waals surface area (Å²) in [6.07, 6.45) is 0. The molecular weight excluding hydrogens is 412 g/mol. The van der Waals surface area contributed by atoms with Gasteiger partial charge in [-0.05, 0) is 37.3 Å². The van der Waals surface area contributed by atoms with E-state index < -0.39 is 11.8 Å². The maximum Gasteiger partial charge on any atom is 0.276 e. The van der Waals surface area contributed by atoms with Crippen molar-refractivity contribution in [3.05, 3.63) is 57.5 Å². The summed E-state index contributed by atoms with van der Waals surface area (Å²) in [5.41, 5.74) is 4.79. The molecule has 0 fully saturated rings. The lowest BCUT2D eigenvalue weighted by molar-refractivity contribution is -0.123. The van der Waals surface area contributed by atoms with Crippen molar-refractivity contribution in [3.8, 4) is 11.5 Å². The van der Waals surface area contributed by atoms with Crippen molar-refractivity contribution in [3.63, 3.8) is 0 Å². The van der Waals surface area contributed by atoms with Crippen molar-refractivity contribution in [2.45, 2.75) is 6.92 Å². The number of hydrogen-bond donors (Lipinski definition) is 2. The monoisotopic (exact) mass is 426 g/mol. The van der Waals surface area contributed by atoms with Gasteiger partial charge in [-0.2, -0.15) is 0 Å². The van der Waals surface area contributed by atoms with Crippen LogP contribution in [0.3, 0.4) is 0 Å². The quantitative estimate of drug-likeness (QED) is 0.693. The molecular formula is C17H16BrClN2O4. The van der Waals surface area contributed by atoms with Crippen molar-refractivity contribution in [1.29, 1.82) is 0 Å². The van der Waals surface area contributed by atoms with E-state index in [9.17, 15) is 9.59 Å². The smallest absolute Gasteiger partial charge is 0.276 e. The maximum absolute atomic E-state index is 12.0. The van der Waals surface area contributed by atoms with Gasteiger partial charge in [-0.25, -0.2) is 0 Å². The minimum absolute atomic E-state index is 0.235. The fraction of sp³-hybridized carbons (Fsp3) is 0.176. The number of nitrogens with one attached hydrogen (secondary N) is 2. The predicted octanol–water partition coefficient (Wildman–Crippen LogP) is 3.34. The third-order valence-electron chi connectivity index (χ3n) is 3.00. The number of rotatable bonds is 6. The Morgan fingerprint density at radius 2 is 1.76 bits per heavy atom. The Morgan fingerprint density at radius 1 is 1.08 bits per heavy atom. The molecule has 0 saturated heterocycles. The van der Waals surface area contributed by atoms with Gasteiger partial charge in [0.15, 0.2) is 18.1 Å². The molecule has 0 heterocycles. The van der Waals surface area contributed by atoms with E-state index in [4.69, 9.17) is 21.1 Å². The highest BCUT2D eigenvalue weighted by atomic mass is 79.9. The molecule has 0 radical (unpaired) electrons. The third-order valence-corrected chi connectivity index (χ3v) is 3.82. The van der Waals surface area contributed by atoms with Crippen LogP contribution in [0.1, 0.15) is 17.3 Å². The Bertz CT molecular complexity index is 770. The Morgan fingerprint density at radius 3 is 2.44 bits per heavy atom. The highest BCUT2D eigenvalue weighted by molar-refractivity contribution is 9.10. The predicted molar refractivity (Wildman–Crippen MR) is 97.9 cm³/mol. The molecule has 2 rings (SSSR count). The van der Waals surface area contributed by atoms with Crippen LogP contribution in [0.2, 0.25) is 5.02 Å². The SMILES string of the molecule is CCOc1ccccc1OCC(=O)NNC(=O)c1cc(Br)ccc1Cl. The summed E-state index contributed by atoms with van der Waals surface area (Å²) in [7, 11) is 0. The number of halogens is 2. The second-order valence-electron chi connectivity index (χ2n) is 4.79. The minimum atomic E-state index is -0.533. The van der Waals surface area contributed by atoms with Crippen molar-refractivity contribution in [2.24, 2.45) is 0 Å². The average molecular weight is 428 g/mol. The topological polar surface area (TPSA) is 76.7 Å². The molecule has 0 aliphatic heterocycles. The molecule has 2 N–H and O–H groups in total. The van der Waals surface area contributed by atoms with Crippen molar-refractivity contribution in [1.82, 2.24) is 10.9 Å². The molecule has 0 unspecified atom stereocenters. The summed E-state index contributed by atoms with van der Waals surface area (Å²) in [6.45, 7) is 2.05. The molecule has 0 bridgehead atoms. The standard InChI is InChI=1S/C17H16BrClN2O4/c1-2-24-14-5-3-4-6-15(14)25-10-16(22)20-21-17(23)12-9-11(18)7-8-13(12)19/h3-9H,2,10H2,1H3,(H,20,22)(H,21,23).